The zero-order valence-corrected chi connectivity index (χ0v) is 65.3. The summed E-state index contributed by atoms with van der Waals surface area (Å²) in [6.07, 6.45) is 89.9. The summed E-state index contributed by atoms with van der Waals surface area (Å²) in [7, 11) is 0. The largest absolute Gasteiger partial charge is 0.294 e. The summed E-state index contributed by atoms with van der Waals surface area (Å²) in [6, 6.07) is 10.5. The van der Waals surface area contributed by atoms with Gasteiger partial charge in [0.2, 0.25) is 0 Å². The van der Waals surface area contributed by atoms with E-state index >= 15 is 0 Å². The summed E-state index contributed by atoms with van der Waals surface area (Å²) in [4.78, 5) is 13.5. The molecule has 12 atom stereocenters. The topological polar surface area (TPSA) is 13.0 Å². The van der Waals surface area contributed by atoms with Crippen molar-refractivity contribution in [2.24, 2.45) is 118 Å². The fourth-order valence-corrected chi connectivity index (χ4v) is 30.6. The molecule has 0 aliphatic heterocycles. The molecule has 554 valence electrons. The molecule has 98 heavy (non-hydrogen) atoms. The Morgan fingerprint density at radius 1 is 0.173 bits per heavy atom. The minimum atomic E-state index is 0.834. The first kappa shape index (κ1) is 71.6. The van der Waals surface area contributed by atoms with E-state index in [4.69, 9.17) is 0 Å². The van der Waals surface area contributed by atoms with Gasteiger partial charge in [0.15, 0.2) is 0 Å². The van der Waals surface area contributed by atoms with Crippen molar-refractivity contribution in [1.29, 1.82) is 0 Å². The number of rotatable bonds is 16. The molecule has 0 aromatic rings. The van der Waals surface area contributed by atoms with Crippen molar-refractivity contribution >= 4 is 0 Å². The van der Waals surface area contributed by atoms with Crippen LogP contribution in [0.25, 0.3) is 0 Å². The lowest BCUT2D eigenvalue weighted by Gasteiger charge is -2.70. The second-order valence-electron chi connectivity index (χ2n) is 41.5. The van der Waals surface area contributed by atoms with Crippen LogP contribution in [0.1, 0.15) is 375 Å². The van der Waals surface area contributed by atoms with Crippen molar-refractivity contribution in [2.45, 2.75) is 448 Å². The van der Waals surface area contributed by atoms with E-state index < -0.39 is 0 Å². The number of hydrogen-bond acceptors (Lipinski definition) is 4. The highest BCUT2D eigenvalue weighted by Crippen LogP contribution is 2.70. The maximum absolute atomic E-state index is 3.58. The van der Waals surface area contributed by atoms with Gasteiger partial charge in [-0.15, -0.1) is 0 Å². The summed E-state index contributed by atoms with van der Waals surface area (Å²) in [5, 5.41) is 0. The molecular formula is C94H158N4. The van der Waals surface area contributed by atoms with Crippen LogP contribution in [0, 0.1) is 118 Å². The molecule has 0 bridgehead atoms. The normalized spacial score (nSPS) is 49.9. The van der Waals surface area contributed by atoms with Crippen molar-refractivity contribution in [2.75, 3.05) is 0 Å². The van der Waals surface area contributed by atoms with E-state index in [1.165, 1.54) is 257 Å². The molecule has 4 heteroatoms. The maximum atomic E-state index is 3.58. The second-order valence-corrected chi connectivity index (χ2v) is 41.5. The van der Waals surface area contributed by atoms with Gasteiger partial charge in [-0.3, -0.25) is 19.6 Å². The molecule has 0 amide bonds. The molecule has 16 fully saturated rings. The predicted octanol–water partition coefficient (Wildman–Crippen LogP) is 24.7. The fourth-order valence-electron chi connectivity index (χ4n) is 30.6. The molecule has 16 saturated carbocycles. The lowest BCUT2D eigenvalue weighted by molar-refractivity contribution is -0.216. The van der Waals surface area contributed by atoms with E-state index in [1.807, 2.05) is 0 Å². The van der Waals surface area contributed by atoms with Crippen molar-refractivity contribution in [3.05, 3.63) is 24.3 Å². The third-order valence-electron chi connectivity index (χ3n) is 35.8. The molecule has 12 unspecified atom stereocenters. The van der Waals surface area contributed by atoms with Crippen LogP contribution in [0.2, 0.25) is 0 Å². The molecule has 0 N–H and O–H groups in total. The zero-order chi connectivity index (χ0) is 66.4. The Morgan fingerprint density at radius 3 is 0.765 bits per heavy atom. The van der Waals surface area contributed by atoms with E-state index in [1.54, 1.807) is 77.0 Å². The van der Waals surface area contributed by atoms with Gasteiger partial charge in [-0.1, -0.05) is 91.5 Å². The average molecular weight is 1340 g/mol. The second kappa shape index (κ2) is 32.8. The van der Waals surface area contributed by atoms with Gasteiger partial charge in [0.1, 0.15) is 0 Å². The Morgan fingerprint density at radius 2 is 0.418 bits per heavy atom. The highest BCUT2D eigenvalue weighted by atomic mass is 15.3. The van der Waals surface area contributed by atoms with E-state index in [9.17, 15) is 0 Å². The third kappa shape index (κ3) is 15.6. The lowest BCUT2D eigenvalue weighted by Crippen LogP contribution is -2.69. The Hall–Kier alpha value is -0.680. The van der Waals surface area contributed by atoms with Crippen molar-refractivity contribution in [1.82, 2.24) is 19.6 Å². The van der Waals surface area contributed by atoms with Gasteiger partial charge < -0.3 is 0 Å². The Labute approximate surface area is 606 Å². The maximum Gasteiger partial charge on any atom is 0.0163 e. The summed E-state index contributed by atoms with van der Waals surface area (Å²) in [6.45, 7) is 15.4. The van der Waals surface area contributed by atoms with Gasteiger partial charge in [-0.05, 0) is 427 Å². The molecule has 16 aliphatic carbocycles. The first-order valence-corrected chi connectivity index (χ1v) is 46.5. The summed E-state index contributed by atoms with van der Waals surface area (Å²) >= 11 is 0. The van der Waals surface area contributed by atoms with Crippen molar-refractivity contribution < 1.29 is 0 Å². The molecular weight excluding hydrogens is 1190 g/mol. The first-order chi connectivity index (χ1) is 48.0. The molecule has 0 spiro atoms. The van der Waals surface area contributed by atoms with Gasteiger partial charge in [-0.2, -0.15) is 0 Å². The number of fused-ring (bicyclic) bond motifs is 4. The van der Waals surface area contributed by atoms with Crippen LogP contribution in [0.5, 0.6) is 0 Å². The van der Waals surface area contributed by atoms with Crippen molar-refractivity contribution in [3.8, 4) is 0 Å². The molecule has 16 rings (SSSR count). The molecule has 0 aromatic heterocycles. The average Bonchev–Trinajstić information content (AvgIpc) is 0.695. The minimum Gasteiger partial charge on any atom is -0.294 e. The van der Waals surface area contributed by atoms with Crippen LogP contribution >= 0.6 is 0 Å². The van der Waals surface area contributed by atoms with Crippen LogP contribution in [0.15, 0.2) is 24.3 Å². The molecule has 4 nitrogen and oxygen atoms in total. The number of allylic oxidation sites excluding steroid dienone is 4. The SMILES string of the molecule is CC1CCC(N(C2CCC(C)CC2)C2CCC(/C=C/C3CCC(N(C4CCC(C)CC4)C4CCC5C6C(CCCC64)C4CCCC6C4C5C4CCCCC4C6N(C4CCC(C)CC4)C4CCC(/C=C/C5CCC(N(C6CCC(C)CC6)C6CCC(C)CC6)CC5)CC4)CC3)CC2)CC1. The predicted molar refractivity (Wildman–Crippen MR) is 415 cm³/mol. The van der Waals surface area contributed by atoms with Crippen LogP contribution in [0.4, 0.5) is 0 Å². The van der Waals surface area contributed by atoms with E-state index in [2.05, 4.69) is 85.4 Å². The van der Waals surface area contributed by atoms with Gasteiger partial charge in [0.05, 0.1) is 0 Å². The van der Waals surface area contributed by atoms with E-state index in [0.717, 1.165) is 191 Å². The van der Waals surface area contributed by atoms with Gasteiger partial charge >= 0.3 is 0 Å². The molecule has 0 radical (unpaired) electrons. The van der Waals surface area contributed by atoms with Crippen LogP contribution in [-0.4, -0.2) is 92.1 Å². The Bertz CT molecular complexity index is 2410. The Kier molecular flexibility index (Phi) is 24.0. The highest BCUT2D eigenvalue weighted by molar-refractivity contribution is 5.17. The van der Waals surface area contributed by atoms with Crippen LogP contribution < -0.4 is 0 Å². The Balaban J connectivity index is 0.581. The smallest absolute Gasteiger partial charge is 0.0163 e. The molecule has 16 aliphatic rings. The van der Waals surface area contributed by atoms with Crippen LogP contribution in [0.3, 0.4) is 0 Å². The number of nitrogens with zero attached hydrogens (tertiary/aromatic N) is 4. The quantitative estimate of drug-likeness (QED) is 0.143. The first-order valence-electron chi connectivity index (χ1n) is 46.5. The standard InChI is InChI=1S/C94H158N4/c1-63-17-41-73(42-18-63)95(74-43-19-64(2)20-44-74)77-53-33-69(34-54-77)29-31-71-37-57-80(58-38-71)97(79-49-25-67(5)26-50-79)90-62-61-88-91-83(13-9-15-87(90)91)84-14-10-16-89-93(84)92(88)85-11-7-8-12-86(85)94(89)98(81-51-27-68(6)28-52-81)82-59-39-72(40-60-82)32-30-70-35-55-78(56-36-70)96(75-45-21-65(3)22-46-75)76-47-23-66(4)24-48-76/h29-32,63-94H,7-28,33-62H2,1-6H3/b31-29+,32-30+. The minimum absolute atomic E-state index is 0.834. The summed E-state index contributed by atoms with van der Waals surface area (Å²) in [5.41, 5.74) is 0. The summed E-state index contributed by atoms with van der Waals surface area (Å²) < 4.78 is 0. The van der Waals surface area contributed by atoms with E-state index in [-0.39, 0.29) is 0 Å². The molecule has 0 heterocycles. The highest BCUT2D eigenvalue weighted by Gasteiger charge is 2.66. The summed E-state index contributed by atoms with van der Waals surface area (Å²) in [5.74, 6) is 19.4. The van der Waals surface area contributed by atoms with Gasteiger partial charge in [0, 0.05) is 72.5 Å². The molecule has 0 saturated heterocycles. The fraction of sp³-hybridized carbons (Fsp3) is 0.957. The van der Waals surface area contributed by atoms with Crippen molar-refractivity contribution in [3.63, 3.8) is 0 Å². The van der Waals surface area contributed by atoms with Crippen LogP contribution in [-0.2, 0) is 0 Å². The number of hydrogen-bond donors (Lipinski definition) is 0. The van der Waals surface area contributed by atoms with E-state index in [0.29, 0.717) is 0 Å². The zero-order valence-electron chi connectivity index (χ0n) is 65.3. The monoisotopic (exact) mass is 1340 g/mol. The lowest BCUT2D eigenvalue weighted by atomic mass is 9.38. The van der Waals surface area contributed by atoms with Gasteiger partial charge in [0.25, 0.3) is 0 Å². The van der Waals surface area contributed by atoms with Gasteiger partial charge in [-0.25, -0.2) is 0 Å². The third-order valence-corrected chi connectivity index (χ3v) is 35.8. The molecule has 0 aromatic carbocycles.